The van der Waals surface area contributed by atoms with Crippen molar-refractivity contribution in [2.24, 2.45) is 5.92 Å². The van der Waals surface area contributed by atoms with Gasteiger partial charge in [0.2, 0.25) is 0 Å². The molecule has 1 aliphatic heterocycles. The van der Waals surface area contributed by atoms with Crippen molar-refractivity contribution in [2.45, 2.75) is 25.4 Å². The van der Waals surface area contributed by atoms with E-state index in [2.05, 4.69) is 4.90 Å². The van der Waals surface area contributed by atoms with Crippen molar-refractivity contribution in [2.75, 3.05) is 19.6 Å². The average Bonchev–Trinajstić information content (AvgIpc) is 2.83. The molecule has 2 rings (SSSR count). The van der Waals surface area contributed by atoms with Gasteiger partial charge in [-0.25, -0.2) is 0 Å². The number of hydrogen-bond acceptors (Lipinski definition) is 2. The Morgan fingerprint density at radius 2 is 2.23 bits per heavy atom. The van der Waals surface area contributed by atoms with Gasteiger partial charge in [0.05, 0.1) is 5.60 Å². The monoisotopic (exact) mass is 201 g/mol. The van der Waals surface area contributed by atoms with Gasteiger partial charge >= 0.3 is 0 Å². The second-order valence-electron chi connectivity index (χ2n) is 4.48. The van der Waals surface area contributed by atoms with E-state index in [-0.39, 0.29) is 5.60 Å². The van der Waals surface area contributed by atoms with Gasteiger partial charge in [0.15, 0.2) is 0 Å². The van der Waals surface area contributed by atoms with Crippen molar-refractivity contribution >= 4 is 11.6 Å². The van der Waals surface area contributed by atoms with Gasteiger partial charge in [0.1, 0.15) is 0 Å². The van der Waals surface area contributed by atoms with Crippen molar-refractivity contribution in [1.29, 1.82) is 0 Å². The lowest BCUT2D eigenvalue weighted by molar-refractivity contribution is -0.109. The number of nitrogens with zero attached hydrogens (tertiary/aromatic N) is 1. The van der Waals surface area contributed by atoms with Crippen LogP contribution in [0.3, 0.4) is 0 Å². The molecule has 0 atom stereocenters. The maximum Gasteiger partial charge on any atom is 0.0928 e. The molecule has 13 heavy (non-hydrogen) atoms. The Morgan fingerprint density at radius 3 is 2.69 bits per heavy atom. The van der Waals surface area contributed by atoms with Gasteiger partial charge in [-0.3, -0.25) is 4.90 Å². The van der Waals surface area contributed by atoms with E-state index in [1.54, 1.807) is 5.54 Å². The lowest BCUT2D eigenvalue weighted by atomic mass is 9.88. The second kappa shape index (κ2) is 3.26. The highest BCUT2D eigenvalue weighted by molar-refractivity contribution is 6.25. The van der Waals surface area contributed by atoms with Crippen molar-refractivity contribution in [3.05, 3.63) is 11.1 Å². The first kappa shape index (κ1) is 9.50. The number of likely N-dealkylation sites (tertiary alicyclic amines) is 1. The molecule has 0 unspecified atom stereocenters. The minimum absolute atomic E-state index is 0.355. The van der Waals surface area contributed by atoms with Crippen molar-refractivity contribution in [3.8, 4) is 0 Å². The van der Waals surface area contributed by atoms with Crippen molar-refractivity contribution < 1.29 is 5.11 Å². The van der Waals surface area contributed by atoms with Crippen LogP contribution in [0.5, 0.6) is 0 Å². The van der Waals surface area contributed by atoms with Crippen LogP contribution in [0.15, 0.2) is 11.1 Å². The fraction of sp³-hybridized carbons (Fsp3) is 0.800. The first-order valence-electron chi connectivity index (χ1n) is 4.85. The number of halogens is 1. The number of aliphatic hydroxyl groups is 1. The summed E-state index contributed by atoms with van der Waals surface area (Å²) in [6.45, 7) is 4.58. The molecule has 0 aromatic rings. The third-order valence-electron chi connectivity index (χ3n) is 2.99. The molecule has 2 nitrogen and oxygen atoms in total. The van der Waals surface area contributed by atoms with Crippen LogP contribution < -0.4 is 0 Å². The Hall–Kier alpha value is -0.0500. The molecular formula is C10H16ClNO. The standard InChI is InChI=1S/C10H16ClNO/c1-8(4-11)5-12-6-10(13,7-12)9-2-3-9/h4,9,13H,2-3,5-7H2,1H3. The van der Waals surface area contributed by atoms with Gasteiger partial charge < -0.3 is 5.11 Å². The van der Waals surface area contributed by atoms with E-state index in [4.69, 9.17) is 11.6 Å². The summed E-state index contributed by atoms with van der Waals surface area (Å²) >= 11 is 5.57. The van der Waals surface area contributed by atoms with E-state index < -0.39 is 0 Å². The third-order valence-corrected chi connectivity index (χ3v) is 3.36. The zero-order valence-corrected chi connectivity index (χ0v) is 8.72. The predicted octanol–water partition coefficient (Wildman–Crippen LogP) is 1.59. The Morgan fingerprint density at radius 1 is 1.62 bits per heavy atom. The number of hydrogen-bond donors (Lipinski definition) is 1. The molecule has 1 heterocycles. The summed E-state index contributed by atoms with van der Waals surface area (Å²) in [5, 5.41) is 10.0. The van der Waals surface area contributed by atoms with E-state index in [0.29, 0.717) is 5.92 Å². The summed E-state index contributed by atoms with van der Waals surface area (Å²) in [5.74, 6) is 0.587. The molecule has 1 saturated carbocycles. The van der Waals surface area contributed by atoms with Gasteiger partial charge in [-0.15, -0.1) is 0 Å². The molecular weight excluding hydrogens is 186 g/mol. The minimum atomic E-state index is -0.355. The highest BCUT2D eigenvalue weighted by Crippen LogP contribution is 2.44. The zero-order chi connectivity index (χ0) is 9.47. The molecule has 2 aliphatic rings. The fourth-order valence-corrected chi connectivity index (χ4v) is 2.18. The molecule has 1 N–H and O–H groups in total. The van der Waals surface area contributed by atoms with Crippen LogP contribution in [0.1, 0.15) is 19.8 Å². The van der Waals surface area contributed by atoms with Gasteiger partial charge in [0, 0.05) is 25.2 Å². The quantitative estimate of drug-likeness (QED) is 0.750. The first-order chi connectivity index (χ1) is 6.14. The minimum Gasteiger partial charge on any atom is -0.387 e. The zero-order valence-electron chi connectivity index (χ0n) is 7.96. The van der Waals surface area contributed by atoms with Crippen molar-refractivity contribution in [3.63, 3.8) is 0 Å². The Bertz CT molecular complexity index is 229. The lowest BCUT2D eigenvalue weighted by Crippen LogP contribution is -2.63. The normalized spacial score (nSPS) is 28.7. The van der Waals surface area contributed by atoms with Crippen LogP contribution in [0.4, 0.5) is 0 Å². The summed E-state index contributed by atoms with van der Waals surface area (Å²) in [5.41, 5.74) is 2.43. The molecule has 74 valence electrons. The number of β-amino-alcohol motifs (C(OH)–C–C–N with tert-alkyl or cyclic N) is 1. The summed E-state index contributed by atoms with van der Waals surface area (Å²) in [6, 6.07) is 0. The van der Waals surface area contributed by atoms with Crippen LogP contribution in [0.2, 0.25) is 0 Å². The van der Waals surface area contributed by atoms with E-state index in [1.165, 1.54) is 18.4 Å². The van der Waals surface area contributed by atoms with E-state index in [9.17, 15) is 5.11 Å². The van der Waals surface area contributed by atoms with E-state index >= 15 is 0 Å². The molecule has 1 saturated heterocycles. The van der Waals surface area contributed by atoms with Crippen LogP contribution in [0.25, 0.3) is 0 Å². The average molecular weight is 202 g/mol. The first-order valence-corrected chi connectivity index (χ1v) is 5.28. The maximum atomic E-state index is 10.0. The lowest BCUT2D eigenvalue weighted by Gasteiger charge is -2.47. The Labute approximate surface area is 84.2 Å². The van der Waals surface area contributed by atoms with Gasteiger partial charge in [0.25, 0.3) is 0 Å². The fourth-order valence-electron chi connectivity index (χ4n) is 2.11. The summed E-state index contributed by atoms with van der Waals surface area (Å²) < 4.78 is 0. The Kier molecular flexibility index (Phi) is 2.39. The smallest absolute Gasteiger partial charge is 0.0928 e. The van der Waals surface area contributed by atoms with E-state index in [1.807, 2.05) is 6.92 Å². The summed E-state index contributed by atoms with van der Waals surface area (Å²) in [6.07, 6.45) is 2.43. The van der Waals surface area contributed by atoms with Gasteiger partial charge in [-0.2, -0.15) is 0 Å². The molecule has 1 aliphatic carbocycles. The van der Waals surface area contributed by atoms with Crippen LogP contribution in [-0.4, -0.2) is 35.2 Å². The molecule has 3 heteroatoms. The molecule has 0 bridgehead atoms. The number of rotatable bonds is 3. The molecule has 0 aromatic carbocycles. The van der Waals surface area contributed by atoms with Crippen LogP contribution >= 0.6 is 11.6 Å². The van der Waals surface area contributed by atoms with Gasteiger partial charge in [-0.05, 0) is 31.3 Å². The molecule has 0 radical (unpaired) electrons. The topological polar surface area (TPSA) is 23.5 Å². The molecule has 0 spiro atoms. The maximum absolute atomic E-state index is 10.0. The molecule has 0 amide bonds. The summed E-state index contributed by atoms with van der Waals surface area (Å²) in [7, 11) is 0. The Balaban J connectivity index is 1.77. The SMILES string of the molecule is CC(=CCl)CN1CC(O)(C2CC2)C1. The molecule has 0 aromatic heterocycles. The predicted molar refractivity (Wildman–Crippen MR) is 53.7 cm³/mol. The van der Waals surface area contributed by atoms with E-state index in [0.717, 1.165) is 19.6 Å². The van der Waals surface area contributed by atoms with Crippen LogP contribution in [0, 0.1) is 5.92 Å². The van der Waals surface area contributed by atoms with Crippen molar-refractivity contribution in [1.82, 2.24) is 4.90 Å². The largest absolute Gasteiger partial charge is 0.387 e. The highest BCUT2D eigenvalue weighted by atomic mass is 35.5. The molecule has 2 fully saturated rings. The van der Waals surface area contributed by atoms with Gasteiger partial charge in [-0.1, -0.05) is 11.6 Å². The highest BCUT2D eigenvalue weighted by Gasteiger charge is 2.51. The third kappa shape index (κ3) is 1.90. The van der Waals surface area contributed by atoms with Crippen LogP contribution in [-0.2, 0) is 0 Å². The second-order valence-corrected chi connectivity index (χ2v) is 4.70. The summed E-state index contributed by atoms with van der Waals surface area (Å²) in [4.78, 5) is 2.24.